The number of Topliss-reactive ketones (excluding diaryl/α,β-unsaturated/α-hetero) is 1. The van der Waals surface area contributed by atoms with Crippen LogP contribution in [0.15, 0.2) is 30.3 Å². The average Bonchev–Trinajstić information content (AvgIpc) is 2.39. The molecule has 1 fully saturated rings. The molecule has 0 amide bonds. The molecule has 1 nitrogen and oxygen atoms in total. The standard InChI is InChI=1S/C15H17F3O/c1-2-11-8-9-13(19)14(10-11,15(16,17)18)12-6-4-3-5-7-12/h3-7,11H,2,8-10H2,1H3. The van der Waals surface area contributed by atoms with Crippen LogP contribution in [0, 0.1) is 5.92 Å². The van der Waals surface area contributed by atoms with Gasteiger partial charge < -0.3 is 0 Å². The van der Waals surface area contributed by atoms with Gasteiger partial charge in [0.1, 0.15) is 5.41 Å². The third-order valence-corrected chi connectivity index (χ3v) is 4.18. The molecular weight excluding hydrogens is 253 g/mol. The molecule has 0 spiro atoms. The van der Waals surface area contributed by atoms with Crippen molar-refractivity contribution >= 4 is 5.78 Å². The Morgan fingerprint density at radius 1 is 1.26 bits per heavy atom. The first-order valence-electron chi connectivity index (χ1n) is 6.57. The maximum absolute atomic E-state index is 13.6. The first kappa shape index (κ1) is 14.1. The number of benzene rings is 1. The Hall–Kier alpha value is -1.32. The van der Waals surface area contributed by atoms with Crippen LogP contribution in [0.2, 0.25) is 0 Å². The number of ketones is 1. The zero-order chi connectivity index (χ0) is 14.1. The fourth-order valence-corrected chi connectivity index (χ4v) is 2.98. The summed E-state index contributed by atoms with van der Waals surface area (Å²) in [4.78, 5) is 12.1. The lowest BCUT2D eigenvalue weighted by Crippen LogP contribution is -2.52. The molecular formula is C15H17F3O. The van der Waals surface area contributed by atoms with Gasteiger partial charge in [0.05, 0.1) is 0 Å². The zero-order valence-corrected chi connectivity index (χ0v) is 10.8. The van der Waals surface area contributed by atoms with Gasteiger partial charge in [-0.15, -0.1) is 0 Å². The second-order valence-corrected chi connectivity index (χ2v) is 5.21. The normalized spacial score (nSPS) is 28.4. The highest BCUT2D eigenvalue weighted by Gasteiger charge is 2.62. The van der Waals surface area contributed by atoms with E-state index in [0.29, 0.717) is 12.8 Å². The molecule has 0 aliphatic heterocycles. The van der Waals surface area contributed by atoms with Crippen LogP contribution >= 0.6 is 0 Å². The number of hydrogen-bond donors (Lipinski definition) is 0. The molecule has 1 aliphatic rings. The Morgan fingerprint density at radius 3 is 2.42 bits per heavy atom. The Bertz CT molecular complexity index is 452. The maximum atomic E-state index is 13.6. The van der Waals surface area contributed by atoms with Gasteiger partial charge in [-0.1, -0.05) is 43.7 Å². The second kappa shape index (κ2) is 4.99. The molecule has 1 aromatic carbocycles. The van der Waals surface area contributed by atoms with E-state index >= 15 is 0 Å². The molecule has 1 aliphatic carbocycles. The topological polar surface area (TPSA) is 17.1 Å². The second-order valence-electron chi connectivity index (χ2n) is 5.21. The number of alkyl halides is 3. The van der Waals surface area contributed by atoms with Crippen LogP contribution in [0.25, 0.3) is 0 Å². The molecule has 1 saturated carbocycles. The van der Waals surface area contributed by atoms with Gasteiger partial charge in [0, 0.05) is 6.42 Å². The van der Waals surface area contributed by atoms with E-state index in [2.05, 4.69) is 0 Å². The van der Waals surface area contributed by atoms with Crippen molar-refractivity contribution in [3.63, 3.8) is 0 Å². The predicted octanol–water partition coefficient (Wildman–Crippen LogP) is 4.27. The van der Waals surface area contributed by atoms with E-state index in [0.717, 1.165) is 0 Å². The fourth-order valence-electron chi connectivity index (χ4n) is 2.98. The quantitative estimate of drug-likeness (QED) is 0.784. The van der Waals surface area contributed by atoms with Crippen LogP contribution in [-0.2, 0) is 10.2 Å². The van der Waals surface area contributed by atoms with Crippen LogP contribution in [0.5, 0.6) is 0 Å². The van der Waals surface area contributed by atoms with Crippen molar-refractivity contribution in [1.82, 2.24) is 0 Å². The third-order valence-electron chi connectivity index (χ3n) is 4.18. The van der Waals surface area contributed by atoms with Crippen molar-refractivity contribution in [3.05, 3.63) is 35.9 Å². The van der Waals surface area contributed by atoms with E-state index < -0.39 is 17.4 Å². The summed E-state index contributed by atoms with van der Waals surface area (Å²) in [5.74, 6) is -0.726. The van der Waals surface area contributed by atoms with Crippen LogP contribution in [0.1, 0.15) is 38.2 Å². The molecule has 0 saturated heterocycles. The highest BCUT2D eigenvalue weighted by molar-refractivity contribution is 5.92. The lowest BCUT2D eigenvalue weighted by molar-refractivity contribution is -0.202. The minimum absolute atomic E-state index is 0.0207. The maximum Gasteiger partial charge on any atom is 0.405 e. The molecule has 0 heterocycles. The monoisotopic (exact) mass is 270 g/mol. The molecule has 2 rings (SSSR count). The van der Waals surface area contributed by atoms with Crippen molar-refractivity contribution in [1.29, 1.82) is 0 Å². The van der Waals surface area contributed by atoms with E-state index in [1.807, 2.05) is 6.92 Å². The van der Waals surface area contributed by atoms with E-state index in [1.54, 1.807) is 18.2 Å². The molecule has 0 radical (unpaired) electrons. The molecule has 2 unspecified atom stereocenters. The summed E-state index contributed by atoms with van der Waals surface area (Å²) in [6.45, 7) is 1.88. The highest BCUT2D eigenvalue weighted by atomic mass is 19.4. The Labute approximate surface area is 110 Å². The van der Waals surface area contributed by atoms with Gasteiger partial charge in [0.15, 0.2) is 5.78 Å². The van der Waals surface area contributed by atoms with Crippen molar-refractivity contribution in [2.45, 2.75) is 44.2 Å². The van der Waals surface area contributed by atoms with Crippen molar-refractivity contribution in [2.75, 3.05) is 0 Å². The number of carbonyl (C=O) groups excluding carboxylic acids is 1. The molecule has 104 valence electrons. The van der Waals surface area contributed by atoms with Gasteiger partial charge in [-0.2, -0.15) is 13.2 Å². The molecule has 4 heteroatoms. The number of carbonyl (C=O) groups is 1. The Balaban J connectivity index is 2.54. The lowest BCUT2D eigenvalue weighted by atomic mass is 9.64. The molecule has 0 bridgehead atoms. The first-order chi connectivity index (χ1) is 8.91. The van der Waals surface area contributed by atoms with E-state index in [9.17, 15) is 18.0 Å². The minimum Gasteiger partial charge on any atom is -0.298 e. The van der Waals surface area contributed by atoms with Crippen molar-refractivity contribution < 1.29 is 18.0 Å². The smallest absolute Gasteiger partial charge is 0.298 e. The Morgan fingerprint density at radius 2 is 1.89 bits per heavy atom. The highest BCUT2D eigenvalue weighted by Crippen LogP contribution is 2.50. The van der Waals surface area contributed by atoms with Gasteiger partial charge in [-0.3, -0.25) is 4.79 Å². The third kappa shape index (κ3) is 2.28. The van der Waals surface area contributed by atoms with E-state index in [1.165, 1.54) is 12.1 Å². The van der Waals surface area contributed by atoms with Gasteiger partial charge >= 0.3 is 6.18 Å². The Kier molecular flexibility index (Phi) is 3.70. The number of hydrogen-bond acceptors (Lipinski definition) is 1. The largest absolute Gasteiger partial charge is 0.405 e. The summed E-state index contributed by atoms with van der Waals surface area (Å²) in [6.07, 6.45) is -3.38. The van der Waals surface area contributed by atoms with Gasteiger partial charge in [0.25, 0.3) is 0 Å². The summed E-state index contributed by atoms with van der Waals surface area (Å²) in [5, 5.41) is 0. The van der Waals surface area contributed by atoms with Crippen LogP contribution in [0.4, 0.5) is 13.2 Å². The van der Waals surface area contributed by atoms with Gasteiger partial charge in [0.2, 0.25) is 0 Å². The summed E-state index contributed by atoms with van der Waals surface area (Å²) >= 11 is 0. The molecule has 0 N–H and O–H groups in total. The van der Waals surface area contributed by atoms with E-state index in [-0.39, 0.29) is 24.3 Å². The summed E-state index contributed by atoms with van der Waals surface area (Å²) < 4.78 is 40.9. The van der Waals surface area contributed by atoms with Crippen molar-refractivity contribution in [3.8, 4) is 0 Å². The SMILES string of the molecule is CCC1CCC(=O)C(c2ccccc2)(C(F)(F)F)C1. The minimum atomic E-state index is -4.53. The molecule has 19 heavy (non-hydrogen) atoms. The molecule has 1 aromatic rings. The van der Waals surface area contributed by atoms with Gasteiger partial charge in [-0.25, -0.2) is 0 Å². The van der Waals surface area contributed by atoms with Crippen LogP contribution in [0.3, 0.4) is 0 Å². The fraction of sp³-hybridized carbons (Fsp3) is 0.533. The van der Waals surface area contributed by atoms with Gasteiger partial charge in [-0.05, 0) is 24.3 Å². The molecule has 2 atom stereocenters. The van der Waals surface area contributed by atoms with Crippen LogP contribution in [-0.4, -0.2) is 12.0 Å². The summed E-state index contributed by atoms with van der Waals surface area (Å²) in [7, 11) is 0. The van der Waals surface area contributed by atoms with Crippen LogP contribution < -0.4 is 0 Å². The van der Waals surface area contributed by atoms with Crippen molar-refractivity contribution in [2.24, 2.45) is 5.92 Å². The molecule has 0 aromatic heterocycles. The average molecular weight is 270 g/mol. The zero-order valence-electron chi connectivity index (χ0n) is 10.8. The summed E-state index contributed by atoms with van der Waals surface area (Å²) in [5.41, 5.74) is -2.21. The number of rotatable bonds is 2. The lowest BCUT2D eigenvalue weighted by Gasteiger charge is -2.41. The first-order valence-corrected chi connectivity index (χ1v) is 6.57. The predicted molar refractivity (Wildman–Crippen MR) is 66.8 cm³/mol. The number of halogens is 3. The van der Waals surface area contributed by atoms with E-state index in [4.69, 9.17) is 0 Å². The summed E-state index contributed by atoms with van der Waals surface area (Å²) in [6, 6.07) is 7.63.